The van der Waals surface area contributed by atoms with E-state index in [0.29, 0.717) is 6.54 Å². The van der Waals surface area contributed by atoms with E-state index in [1.807, 2.05) is 0 Å². The van der Waals surface area contributed by atoms with Gasteiger partial charge in [-0.1, -0.05) is 12.1 Å². The summed E-state index contributed by atoms with van der Waals surface area (Å²) in [4.78, 5) is 17.8. The molecule has 1 saturated heterocycles. The topological polar surface area (TPSA) is 44.8 Å². The van der Waals surface area contributed by atoms with Gasteiger partial charge in [0.05, 0.1) is 13.2 Å². The number of rotatable bonds is 5. The Hall–Kier alpha value is -1.59. The lowest BCUT2D eigenvalue weighted by molar-refractivity contribution is -0.128. The Kier molecular flexibility index (Phi) is 4.80. The number of hydrogen-bond acceptors (Lipinski definition) is 4. The second-order valence-corrected chi connectivity index (χ2v) is 10.8. The molecule has 0 spiro atoms. The number of carbonyl (C=O) groups is 1. The van der Waals surface area contributed by atoms with E-state index in [2.05, 4.69) is 33.3 Å². The average molecular weight is 410 g/mol. The highest BCUT2D eigenvalue weighted by atomic mass is 16.5. The zero-order chi connectivity index (χ0) is 20.1. The number of nitrogens with one attached hydrogen (secondary N) is 1. The molecule has 162 valence electrons. The van der Waals surface area contributed by atoms with Crippen molar-refractivity contribution >= 4 is 5.91 Å². The predicted octanol–water partition coefficient (Wildman–Crippen LogP) is 2.82. The molecule has 5 heteroatoms. The van der Waals surface area contributed by atoms with Crippen LogP contribution < -0.4 is 10.1 Å². The van der Waals surface area contributed by atoms with Gasteiger partial charge in [-0.2, -0.15) is 0 Å². The first-order chi connectivity index (χ1) is 14.6. The standard InChI is InChI=1S/C25H35N3O2/c29-24(26-25-13-19-9-20(14-25)11-21(10-19)15-25)17-28-6-4-27(5-7-28)16-18-1-2-23-22(12-18)3-8-30-23/h1-2,12,19-21H,3-11,13-17H2,(H,26,29). The number of fused-ring (bicyclic) bond motifs is 1. The molecule has 0 aromatic heterocycles. The van der Waals surface area contributed by atoms with E-state index >= 15 is 0 Å². The molecule has 1 aromatic carbocycles. The molecule has 5 fully saturated rings. The van der Waals surface area contributed by atoms with E-state index in [4.69, 9.17) is 4.74 Å². The van der Waals surface area contributed by atoms with Crippen LogP contribution in [0.1, 0.15) is 49.7 Å². The molecule has 30 heavy (non-hydrogen) atoms. The Morgan fingerprint density at radius 1 is 1.00 bits per heavy atom. The maximum absolute atomic E-state index is 12.9. The van der Waals surface area contributed by atoms with Gasteiger partial charge in [-0.3, -0.25) is 14.6 Å². The molecule has 4 aliphatic carbocycles. The molecule has 1 aromatic rings. The number of piperazine rings is 1. The van der Waals surface area contributed by atoms with Gasteiger partial charge in [0.15, 0.2) is 0 Å². The fourth-order valence-electron chi connectivity index (χ4n) is 7.50. The summed E-state index contributed by atoms with van der Waals surface area (Å²) in [6.07, 6.45) is 9.03. The number of nitrogens with zero attached hydrogens (tertiary/aromatic N) is 2. The lowest BCUT2D eigenvalue weighted by Gasteiger charge is -2.57. The first kappa shape index (κ1) is 19.1. The highest BCUT2D eigenvalue weighted by molar-refractivity contribution is 5.79. The van der Waals surface area contributed by atoms with Gasteiger partial charge in [0.2, 0.25) is 5.91 Å². The van der Waals surface area contributed by atoms with Crippen molar-refractivity contribution in [3.63, 3.8) is 0 Å². The molecule has 5 nitrogen and oxygen atoms in total. The summed E-state index contributed by atoms with van der Waals surface area (Å²) in [7, 11) is 0. The van der Waals surface area contributed by atoms with Crippen LogP contribution in [-0.2, 0) is 17.8 Å². The van der Waals surface area contributed by atoms with Crippen LogP contribution >= 0.6 is 0 Å². The van der Waals surface area contributed by atoms with Crippen molar-refractivity contribution < 1.29 is 9.53 Å². The zero-order valence-corrected chi connectivity index (χ0v) is 18.1. The van der Waals surface area contributed by atoms with Crippen molar-refractivity contribution in [3.05, 3.63) is 29.3 Å². The van der Waals surface area contributed by atoms with Crippen LogP contribution in [0.4, 0.5) is 0 Å². The number of benzene rings is 1. The molecular weight excluding hydrogens is 374 g/mol. The van der Waals surface area contributed by atoms with Gasteiger partial charge >= 0.3 is 0 Å². The molecule has 0 atom stereocenters. The molecule has 6 aliphatic rings. The van der Waals surface area contributed by atoms with Crippen LogP contribution in [0.2, 0.25) is 0 Å². The molecule has 7 rings (SSSR count). The first-order valence-electron chi connectivity index (χ1n) is 12.1. The third kappa shape index (κ3) is 3.75. The van der Waals surface area contributed by atoms with Crippen LogP contribution in [0.3, 0.4) is 0 Å². The minimum Gasteiger partial charge on any atom is -0.493 e. The van der Waals surface area contributed by atoms with Crippen molar-refractivity contribution in [1.29, 1.82) is 0 Å². The van der Waals surface area contributed by atoms with Crippen molar-refractivity contribution in [3.8, 4) is 5.75 Å². The number of hydrogen-bond donors (Lipinski definition) is 1. The molecule has 0 radical (unpaired) electrons. The predicted molar refractivity (Wildman–Crippen MR) is 116 cm³/mol. The van der Waals surface area contributed by atoms with E-state index < -0.39 is 0 Å². The number of amides is 1. The SMILES string of the molecule is O=C(CN1CCN(Cc2ccc3c(c2)CCO3)CC1)NC12CC3CC(CC(C3)C1)C2. The molecular formula is C25H35N3O2. The Morgan fingerprint density at radius 3 is 2.37 bits per heavy atom. The quantitative estimate of drug-likeness (QED) is 0.812. The molecule has 4 bridgehead atoms. The molecule has 2 heterocycles. The van der Waals surface area contributed by atoms with E-state index in [9.17, 15) is 4.79 Å². The summed E-state index contributed by atoms with van der Waals surface area (Å²) in [5, 5.41) is 3.54. The highest BCUT2D eigenvalue weighted by Gasteiger charge is 2.51. The van der Waals surface area contributed by atoms with Gasteiger partial charge in [-0.15, -0.1) is 0 Å². The summed E-state index contributed by atoms with van der Waals surface area (Å²) in [6, 6.07) is 6.64. The Morgan fingerprint density at radius 2 is 1.67 bits per heavy atom. The van der Waals surface area contributed by atoms with Gasteiger partial charge in [-0.25, -0.2) is 0 Å². The minimum atomic E-state index is 0.144. The average Bonchev–Trinajstić information content (AvgIpc) is 3.16. The van der Waals surface area contributed by atoms with Gasteiger partial charge in [0, 0.05) is 44.7 Å². The van der Waals surface area contributed by atoms with Crippen molar-refractivity contribution in [2.45, 2.75) is 57.0 Å². The second-order valence-electron chi connectivity index (χ2n) is 10.8. The third-order valence-electron chi connectivity index (χ3n) is 8.43. The first-order valence-corrected chi connectivity index (χ1v) is 12.1. The zero-order valence-electron chi connectivity index (χ0n) is 18.1. The summed E-state index contributed by atoms with van der Waals surface area (Å²) in [5.41, 5.74) is 2.88. The normalized spacial score (nSPS) is 35.3. The molecule has 2 aliphatic heterocycles. The van der Waals surface area contributed by atoms with Crippen LogP contribution in [0.25, 0.3) is 0 Å². The van der Waals surface area contributed by atoms with Gasteiger partial charge in [0.1, 0.15) is 5.75 Å². The molecule has 0 unspecified atom stereocenters. The van der Waals surface area contributed by atoms with Crippen molar-refractivity contribution in [1.82, 2.24) is 15.1 Å². The Bertz CT molecular complexity index is 779. The summed E-state index contributed by atoms with van der Waals surface area (Å²) in [6.45, 7) is 6.45. The fourth-order valence-corrected chi connectivity index (χ4v) is 7.50. The van der Waals surface area contributed by atoms with E-state index in [-0.39, 0.29) is 11.4 Å². The Labute approximate surface area is 180 Å². The third-order valence-corrected chi connectivity index (χ3v) is 8.43. The minimum absolute atomic E-state index is 0.144. The van der Waals surface area contributed by atoms with Crippen LogP contribution in [-0.4, -0.2) is 60.6 Å². The van der Waals surface area contributed by atoms with E-state index in [1.54, 1.807) is 0 Å². The second kappa shape index (κ2) is 7.52. The number of carbonyl (C=O) groups excluding carboxylic acids is 1. The van der Waals surface area contributed by atoms with Crippen LogP contribution in [0.15, 0.2) is 18.2 Å². The van der Waals surface area contributed by atoms with Crippen molar-refractivity contribution in [2.75, 3.05) is 39.3 Å². The lowest BCUT2D eigenvalue weighted by atomic mass is 9.53. The van der Waals surface area contributed by atoms with Gasteiger partial charge in [-0.05, 0) is 73.5 Å². The molecule has 4 saturated carbocycles. The largest absolute Gasteiger partial charge is 0.493 e. The summed E-state index contributed by atoms with van der Waals surface area (Å²) < 4.78 is 5.62. The van der Waals surface area contributed by atoms with Crippen LogP contribution in [0, 0.1) is 17.8 Å². The highest BCUT2D eigenvalue weighted by Crippen LogP contribution is 2.55. The maximum Gasteiger partial charge on any atom is 0.234 e. The monoisotopic (exact) mass is 409 g/mol. The fraction of sp³-hybridized carbons (Fsp3) is 0.720. The van der Waals surface area contributed by atoms with Crippen LogP contribution in [0.5, 0.6) is 5.75 Å². The van der Waals surface area contributed by atoms with Gasteiger partial charge in [0.25, 0.3) is 0 Å². The van der Waals surface area contributed by atoms with Crippen molar-refractivity contribution in [2.24, 2.45) is 17.8 Å². The van der Waals surface area contributed by atoms with E-state index in [0.717, 1.165) is 69.3 Å². The summed E-state index contributed by atoms with van der Waals surface area (Å²) in [5.74, 6) is 3.97. The lowest BCUT2D eigenvalue weighted by Crippen LogP contribution is -2.61. The maximum atomic E-state index is 12.9. The Balaban J connectivity index is 0.986. The summed E-state index contributed by atoms with van der Waals surface area (Å²) >= 11 is 0. The van der Waals surface area contributed by atoms with Gasteiger partial charge < -0.3 is 10.1 Å². The van der Waals surface area contributed by atoms with E-state index in [1.165, 1.54) is 49.7 Å². The number of ether oxygens (including phenoxy) is 1. The molecule has 1 N–H and O–H groups in total. The smallest absolute Gasteiger partial charge is 0.234 e. The molecule has 1 amide bonds.